The van der Waals surface area contributed by atoms with Crippen LogP contribution in [0, 0.1) is 10.1 Å². The molecule has 26 heavy (non-hydrogen) atoms. The van der Waals surface area contributed by atoms with Crippen LogP contribution in [0.25, 0.3) is 27.6 Å². The number of rotatable bonds is 4. The Morgan fingerprint density at radius 2 is 1.92 bits per heavy atom. The molecule has 2 heterocycles. The van der Waals surface area contributed by atoms with Crippen LogP contribution in [0.4, 0.5) is 5.69 Å². The predicted molar refractivity (Wildman–Crippen MR) is 102 cm³/mol. The lowest BCUT2D eigenvalue weighted by Gasteiger charge is -2.11. The van der Waals surface area contributed by atoms with Crippen molar-refractivity contribution < 1.29 is 4.92 Å². The van der Waals surface area contributed by atoms with Crippen molar-refractivity contribution in [1.82, 2.24) is 14.5 Å². The molecule has 0 radical (unpaired) electrons. The minimum Gasteiger partial charge on any atom is -0.349 e. The third-order valence-corrected chi connectivity index (χ3v) is 4.91. The van der Waals surface area contributed by atoms with Crippen molar-refractivity contribution in [2.45, 2.75) is 12.1 Å². The number of nitrogens with zero attached hydrogens (tertiary/aromatic N) is 3. The van der Waals surface area contributed by atoms with E-state index in [0.29, 0.717) is 21.9 Å². The maximum absolute atomic E-state index is 13.2. The van der Waals surface area contributed by atoms with Gasteiger partial charge in [-0.2, -0.15) is 0 Å². The van der Waals surface area contributed by atoms with Gasteiger partial charge in [0.05, 0.1) is 10.6 Å². The Morgan fingerprint density at radius 3 is 2.62 bits per heavy atom. The number of nitro benzene ring substituents is 1. The van der Waals surface area contributed by atoms with Gasteiger partial charge in [0.25, 0.3) is 11.2 Å². The Hall–Kier alpha value is -3.13. The molecular weight excluding hydrogens is 352 g/mol. The molecule has 130 valence electrons. The van der Waals surface area contributed by atoms with Crippen molar-refractivity contribution in [3.8, 4) is 5.69 Å². The minimum atomic E-state index is -0.465. The third-order valence-electron chi connectivity index (χ3n) is 4.09. The van der Waals surface area contributed by atoms with E-state index in [-0.39, 0.29) is 11.2 Å². The van der Waals surface area contributed by atoms with Crippen molar-refractivity contribution in [2.24, 2.45) is 0 Å². The number of para-hydroxylation sites is 1. The molecule has 4 rings (SSSR count). The summed E-state index contributed by atoms with van der Waals surface area (Å²) in [6.07, 6.45) is 0. The van der Waals surface area contributed by atoms with E-state index in [2.05, 4.69) is 4.98 Å². The maximum atomic E-state index is 13.2. The zero-order valence-electron chi connectivity index (χ0n) is 13.8. The van der Waals surface area contributed by atoms with Crippen molar-refractivity contribution in [3.63, 3.8) is 0 Å². The normalized spacial score (nSPS) is 11.3. The van der Waals surface area contributed by atoms with Crippen LogP contribution in [-0.2, 0) is 0 Å². The number of hydrogen-bond acceptors (Lipinski definition) is 5. The van der Waals surface area contributed by atoms with E-state index >= 15 is 0 Å². The SMILES string of the molecule is CCSc1nc2c([nH]c3ccccc32)c(=O)n1-c1ccc([N+](=O)[O-])cc1. The van der Waals surface area contributed by atoms with Gasteiger partial charge >= 0.3 is 0 Å². The molecule has 7 nitrogen and oxygen atoms in total. The lowest BCUT2D eigenvalue weighted by Crippen LogP contribution is -2.21. The molecule has 0 spiro atoms. The number of aromatic amines is 1. The molecule has 0 aliphatic carbocycles. The number of H-pyrrole nitrogens is 1. The molecule has 8 heteroatoms. The van der Waals surface area contributed by atoms with E-state index in [1.807, 2.05) is 31.2 Å². The largest absolute Gasteiger partial charge is 0.349 e. The van der Waals surface area contributed by atoms with Crippen LogP contribution in [0.2, 0.25) is 0 Å². The number of thioether (sulfide) groups is 1. The van der Waals surface area contributed by atoms with E-state index in [4.69, 9.17) is 4.98 Å². The Balaban J connectivity index is 2.02. The van der Waals surface area contributed by atoms with E-state index in [1.54, 1.807) is 12.1 Å². The molecule has 0 saturated heterocycles. The lowest BCUT2D eigenvalue weighted by molar-refractivity contribution is -0.384. The van der Waals surface area contributed by atoms with Crippen molar-refractivity contribution in [3.05, 3.63) is 69.0 Å². The average Bonchev–Trinajstić information content (AvgIpc) is 3.02. The number of benzene rings is 2. The first-order chi connectivity index (χ1) is 12.6. The number of nitro groups is 1. The van der Waals surface area contributed by atoms with Gasteiger partial charge in [-0.3, -0.25) is 19.5 Å². The summed E-state index contributed by atoms with van der Waals surface area (Å²) in [6, 6.07) is 13.5. The summed E-state index contributed by atoms with van der Waals surface area (Å²) >= 11 is 1.45. The molecule has 0 aliphatic heterocycles. The van der Waals surface area contributed by atoms with Crippen LogP contribution < -0.4 is 5.56 Å². The number of aromatic nitrogens is 3. The second kappa shape index (κ2) is 6.30. The number of nitrogens with one attached hydrogen (secondary N) is 1. The zero-order chi connectivity index (χ0) is 18.3. The summed E-state index contributed by atoms with van der Waals surface area (Å²) in [5.74, 6) is 0.743. The predicted octanol–water partition coefficient (Wildman–Crippen LogP) is 3.89. The number of hydrogen-bond donors (Lipinski definition) is 1. The maximum Gasteiger partial charge on any atom is 0.283 e. The Morgan fingerprint density at radius 1 is 1.19 bits per heavy atom. The molecule has 2 aromatic heterocycles. The zero-order valence-corrected chi connectivity index (χ0v) is 14.6. The van der Waals surface area contributed by atoms with Crippen LogP contribution in [0.3, 0.4) is 0 Å². The summed E-state index contributed by atoms with van der Waals surface area (Å²) in [6.45, 7) is 1.98. The van der Waals surface area contributed by atoms with Crippen LogP contribution in [0.1, 0.15) is 6.92 Å². The molecule has 0 fully saturated rings. The second-order valence-electron chi connectivity index (χ2n) is 5.64. The van der Waals surface area contributed by atoms with Gasteiger partial charge in [0, 0.05) is 23.0 Å². The van der Waals surface area contributed by atoms with Gasteiger partial charge in [0.2, 0.25) is 0 Å². The molecular formula is C18H14N4O3S. The fourth-order valence-electron chi connectivity index (χ4n) is 2.92. The molecule has 0 aliphatic rings. The number of fused-ring (bicyclic) bond motifs is 3. The molecule has 0 atom stereocenters. The molecule has 1 N–H and O–H groups in total. The Kier molecular flexibility index (Phi) is 3.96. The summed E-state index contributed by atoms with van der Waals surface area (Å²) in [7, 11) is 0. The first-order valence-electron chi connectivity index (χ1n) is 8.01. The Bertz CT molecular complexity index is 1190. The van der Waals surface area contributed by atoms with Gasteiger partial charge in [0.1, 0.15) is 11.0 Å². The van der Waals surface area contributed by atoms with Crippen LogP contribution in [0.5, 0.6) is 0 Å². The summed E-state index contributed by atoms with van der Waals surface area (Å²) in [4.78, 5) is 31.4. The van der Waals surface area contributed by atoms with Gasteiger partial charge < -0.3 is 4.98 Å². The second-order valence-corrected chi connectivity index (χ2v) is 6.87. The summed E-state index contributed by atoms with van der Waals surface area (Å²) in [5, 5.41) is 12.3. The summed E-state index contributed by atoms with van der Waals surface area (Å²) in [5.41, 5.74) is 2.21. The van der Waals surface area contributed by atoms with E-state index in [0.717, 1.165) is 16.7 Å². The molecule has 0 bridgehead atoms. The highest BCUT2D eigenvalue weighted by Gasteiger charge is 2.17. The Labute approximate surface area is 151 Å². The number of non-ortho nitro benzene ring substituents is 1. The monoisotopic (exact) mass is 366 g/mol. The van der Waals surface area contributed by atoms with Gasteiger partial charge in [0.15, 0.2) is 5.16 Å². The van der Waals surface area contributed by atoms with Crippen molar-refractivity contribution in [1.29, 1.82) is 0 Å². The van der Waals surface area contributed by atoms with Gasteiger partial charge in [-0.25, -0.2) is 4.98 Å². The van der Waals surface area contributed by atoms with Gasteiger partial charge in [-0.1, -0.05) is 36.9 Å². The molecule has 4 aromatic rings. The quantitative estimate of drug-likeness (QED) is 0.256. The first-order valence-corrected chi connectivity index (χ1v) is 9.00. The lowest BCUT2D eigenvalue weighted by atomic mass is 10.2. The van der Waals surface area contributed by atoms with Crippen LogP contribution >= 0.6 is 11.8 Å². The van der Waals surface area contributed by atoms with Gasteiger partial charge in [-0.15, -0.1) is 0 Å². The third kappa shape index (κ3) is 2.55. The highest BCUT2D eigenvalue weighted by molar-refractivity contribution is 7.99. The van der Waals surface area contributed by atoms with Crippen LogP contribution in [-0.4, -0.2) is 25.2 Å². The van der Waals surface area contributed by atoms with E-state index in [9.17, 15) is 14.9 Å². The topological polar surface area (TPSA) is 93.8 Å². The molecule has 2 aromatic carbocycles. The first kappa shape index (κ1) is 16.3. The highest BCUT2D eigenvalue weighted by atomic mass is 32.2. The molecule has 0 unspecified atom stereocenters. The molecule has 0 saturated carbocycles. The van der Waals surface area contributed by atoms with Crippen LogP contribution in [0.15, 0.2) is 58.5 Å². The van der Waals surface area contributed by atoms with Crippen molar-refractivity contribution in [2.75, 3.05) is 5.75 Å². The van der Waals surface area contributed by atoms with E-state index in [1.165, 1.54) is 28.5 Å². The van der Waals surface area contributed by atoms with Crippen molar-refractivity contribution >= 4 is 39.4 Å². The molecule has 0 amide bonds. The standard InChI is InChI=1S/C18H14N4O3S/c1-2-26-18-20-15-13-5-3-4-6-14(13)19-16(15)17(23)21(18)11-7-9-12(10-8-11)22(24)25/h3-10,19H,2H2,1H3. The smallest absolute Gasteiger partial charge is 0.283 e. The minimum absolute atomic E-state index is 0.0221. The average molecular weight is 366 g/mol. The van der Waals surface area contributed by atoms with E-state index < -0.39 is 4.92 Å². The fourth-order valence-corrected chi connectivity index (χ4v) is 3.65. The highest BCUT2D eigenvalue weighted by Crippen LogP contribution is 2.26. The van der Waals surface area contributed by atoms with Gasteiger partial charge in [-0.05, 0) is 24.0 Å². The fraction of sp³-hybridized carbons (Fsp3) is 0.111. The summed E-state index contributed by atoms with van der Waals surface area (Å²) < 4.78 is 1.50.